The maximum atomic E-state index is 12.1. The number of anilines is 1. The molecule has 0 spiro atoms. The Morgan fingerprint density at radius 2 is 2.24 bits per heavy atom. The molecule has 0 N–H and O–H groups in total. The molecule has 0 saturated carbocycles. The zero-order valence-corrected chi connectivity index (χ0v) is 10.3. The van der Waals surface area contributed by atoms with Gasteiger partial charge in [-0.15, -0.1) is 0 Å². The summed E-state index contributed by atoms with van der Waals surface area (Å²) in [6, 6.07) is 5.21. The number of carbonyl (C=O) groups excluding carboxylic acids is 2. The van der Waals surface area contributed by atoms with Crippen molar-refractivity contribution in [3.8, 4) is 0 Å². The first kappa shape index (κ1) is 11.9. The number of nitrogens with zero attached hydrogens (tertiary/aromatic N) is 1. The summed E-state index contributed by atoms with van der Waals surface area (Å²) in [6.07, 6.45) is -0.860. The highest BCUT2D eigenvalue weighted by Gasteiger charge is 2.39. The first-order chi connectivity index (χ1) is 8.06. The summed E-state index contributed by atoms with van der Waals surface area (Å²) in [7, 11) is 0. The fourth-order valence-electron chi connectivity index (χ4n) is 2.01. The number of rotatable bonds is 2. The van der Waals surface area contributed by atoms with Gasteiger partial charge in [0.05, 0.1) is 10.7 Å². The highest BCUT2D eigenvalue weighted by atomic mass is 35.5. The average Bonchev–Trinajstić information content (AvgIpc) is 2.53. The van der Waals surface area contributed by atoms with E-state index in [0.29, 0.717) is 22.8 Å². The van der Waals surface area contributed by atoms with Crippen molar-refractivity contribution in [2.75, 3.05) is 11.4 Å². The summed E-state index contributed by atoms with van der Waals surface area (Å²) in [4.78, 5) is 24.6. The first-order valence-corrected chi connectivity index (χ1v) is 5.71. The van der Waals surface area contributed by atoms with Crippen molar-refractivity contribution < 1.29 is 14.3 Å². The number of benzene rings is 1. The second kappa shape index (κ2) is 4.37. The maximum Gasteiger partial charge on any atom is 0.303 e. The molecule has 2 rings (SSSR count). The number of hydrogen-bond acceptors (Lipinski definition) is 3. The third kappa shape index (κ3) is 1.89. The Hall–Kier alpha value is -1.55. The largest absolute Gasteiger partial charge is 0.447 e. The molecule has 1 amide bonds. The van der Waals surface area contributed by atoms with E-state index in [2.05, 4.69) is 0 Å². The number of esters is 1. The van der Waals surface area contributed by atoms with Crippen molar-refractivity contribution in [1.82, 2.24) is 0 Å². The Morgan fingerprint density at radius 3 is 2.82 bits per heavy atom. The molecule has 1 aliphatic heterocycles. The summed E-state index contributed by atoms with van der Waals surface area (Å²) in [5.41, 5.74) is 1.30. The molecule has 0 radical (unpaired) electrons. The van der Waals surface area contributed by atoms with Gasteiger partial charge in [-0.1, -0.05) is 23.7 Å². The van der Waals surface area contributed by atoms with Gasteiger partial charge in [-0.05, 0) is 13.0 Å². The van der Waals surface area contributed by atoms with Crippen molar-refractivity contribution in [1.29, 1.82) is 0 Å². The third-order valence-corrected chi connectivity index (χ3v) is 2.97. The number of ether oxygens (including phenoxy) is 1. The van der Waals surface area contributed by atoms with Crippen molar-refractivity contribution in [2.45, 2.75) is 20.0 Å². The van der Waals surface area contributed by atoms with Crippen LogP contribution in [0.5, 0.6) is 0 Å². The minimum Gasteiger partial charge on any atom is -0.447 e. The lowest BCUT2D eigenvalue weighted by Gasteiger charge is -2.15. The Morgan fingerprint density at radius 1 is 1.53 bits per heavy atom. The Kier molecular flexibility index (Phi) is 3.07. The van der Waals surface area contributed by atoms with Gasteiger partial charge in [0.25, 0.3) is 5.91 Å². The number of amides is 1. The van der Waals surface area contributed by atoms with Crippen LogP contribution in [0.15, 0.2) is 18.2 Å². The fourth-order valence-corrected chi connectivity index (χ4v) is 2.29. The van der Waals surface area contributed by atoms with Gasteiger partial charge in [-0.2, -0.15) is 0 Å². The molecular weight excluding hydrogens is 242 g/mol. The second-order valence-corrected chi connectivity index (χ2v) is 4.16. The van der Waals surface area contributed by atoms with Gasteiger partial charge in [0, 0.05) is 19.0 Å². The molecule has 1 aromatic carbocycles. The Balaban J connectivity index is 2.50. The number of carbonyl (C=O) groups is 2. The van der Waals surface area contributed by atoms with E-state index in [1.807, 2.05) is 6.92 Å². The second-order valence-electron chi connectivity index (χ2n) is 3.75. The number of para-hydroxylation sites is 1. The zero-order valence-electron chi connectivity index (χ0n) is 9.57. The Bertz CT molecular complexity index is 487. The van der Waals surface area contributed by atoms with Crippen molar-refractivity contribution >= 4 is 29.2 Å². The predicted molar refractivity (Wildman–Crippen MR) is 64.0 cm³/mol. The molecule has 1 unspecified atom stereocenters. The van der Waals surface area contributed by atoms with Crippen molar-refractivity contribution in [2.24, 2.45) is 0 Å². The summed E-state index contributed by atoms with van der Waals surface area (Å²) in [5, 5.41) is 0.493. The lowest BCUT2D eigenvalue weighted by molar-refractivity contribution is -0.152. The molecule has 4 nitrogen and oxygen atoms in total. The molecular formula is C12H12ClNO3. The van der Waals surface area contributed by atoms with Gasteiger partial charge in [0.1, 0.15) is 0 Å². The monoisotopic (exact) mass is 253 g/mol. The van der Waals surface area contributed by atoms with Crippen molar-refractivity contribution in [3.63, 3.8) is 0 Å². The van der Waals surface area contributed by atoms with E-state index < -0.39 is 12.1 Å². The van der Waals surface area contributed by atoms with E-state index in [-0.39, 0.29) is 5.91 Å². The molecule has 0 bridgehead atoms. The predicted octanol–water partition coefficient (Wildman–Crippen LogP) is 2.31. The van der Waals surface area contributed by atoms with Gasteiger partial charge < -0.3 is 9.64 Å². The molecule has 0 aliphatic carbocycles. The third-order valence-electron chi connectivity index (χ3n) is 2.66. The Labute approximate surface area is 104 Å². The SMILES string of the molecule is CCN1C(=O)C(OC(C)=O)c2cccc(Cl)c21. The van der Waals surface area contributed by atoms with Gasteiger partial charge in [-0.25, -0.2) is 0 Å². The molecule has 1 atom stereocenters. The molecule has 1 aromatic rings. The van der Waals surface area contributed by atoms with Crippen LogP contribution in [0.4, 0.5) is 5.69 Å². The van der Waals surface area contributed by atoms with E-state index in [1.165, 1.54) is 11.8 Å². The van der Waals surface area contributed by atoms with Crippen molar-refractivity contribution in [3.05, 3.63) is 28.8 Å². The van der Waals surface area contributed by atoms with Crippen LogP contribution >= 0.6 is 11.6 Å². The summed E-state index contributed by atoms with van der Waals surface area (Å²) in [6.45, 7) is 3.63. The van der Waals surface area contributed by atoms with Gasteiger partial charge in [-0.3, -0.25) is 9.59 Å². The smallest absolute Gasteiger partial charge is 0.303 e. The van der Waals surface area contributed by atoms with Crippen LogP contribution in [0, 0.1) is 0 Å². The minimum absolute atomic E-state index is 0.245. The van der Waals surface area contributed by atoms with Crippen LogP contribution in [0.25, 0.3) is 0 Å². The topological polar surface area (TPSA) is 46.6 Å². The average molecular weight is 254 g/mol. The van der Waals surface area contributed by atoms with E-state index in [0.717, 1.165) is 0 Å². The molecule has 0 aromatic heterocycles. The number of fused-ring (bicyclic) bond motifs is 1. The lowest BCUT2D eigenvalue weighted by Crippen LogP contribution is -2.29. The molecule has 5 heteroatoms. The molecule has 1 heterocycles. The maximum absolute atomic E-state index is 12.1. The van der Waals surface area contributed by atoms with Gasteiger partial charge >= 0.3 is 5.97 Å². The number of likely N-dealkylation sites (N-methyl/N-ethyl adjacent to an activating group) is 1. The minimum atomic E-state index is -0.860. The highest BCUT2D eigenvalue weighted by molar-refractivity contribution is 6.34. The molecule has 1 aliphatic rings. The highest BCUT2D eigenvalue weighted by Crippen LogP contribution is 2.42. The summed E-state index contributed by atoms with van der Waals surface area (Å²) >= 11 is 6.08. The van der Waals surface area contributed by atoms with E-state index in [4.69, 9.17) is 16.3 Å². The molecule has 90 valence electrons. The fraction of sp³-hybridized carbons (Fsp3) is 0.333. The van der Waals surface area contributed by atoms with Crippen LogP contribution in [-0.4, -0.2) is 18.4 Å². The zero-order chi connectivity index (χ0) is 12.6. The van der Waals surface area contributed by atoms with Crippen LogP contribution < -0.4 is 4.90 Å². The summed E-state index contributed by atoms with van der Waals surface area (Å²) in [5.74, 6) is -0.724. The van der Waals surface area contributed by atoms with Crippen LogP contribution in [0.1, 0.15) is 25.5 Å². The van der Waals surface area contributed by atoms with Crippen LogP contribution in [0.2, 0.25) is 5.02 Å². The number of halogens is 1. The lowest BCUT2D eigenvalue weighted by atomic mass is 10.1. The first-order valence-electron chi connectivity index (χ1n) is 5.33. The van der Waals surface area contributed by atoms with E-state index >= 15 is 0 Å². The van der Waals surface area contributed by atoms with E-state index in [1.54, 1.807) is 18.2 Å². The van der Waals surface area contributed by atoms with Gasteiger partial charge in [0.15, 0.2) is 0 Å². The summed E-state index contributed by atoms with van der Waals surface area (Å²) < 4.78 is 5.05. The van der Waals surface area contributed by atoms with Crippen LogP contribution in [0.3, 0.4) is 0 Å². The molecule has 17 heavy (non-hydrogen) atoms. The standard InChI is InChI=1S/C12H12ClNO3/c1-3-14-10-8(5-4-6-9(10)13)11(12(14)16)17-7(2)15/h4-6,11H,3H2,1-2H3. The van der Waals surface area contributed by atoms with Gasteiger partial charge in [0.2, 0.25) is 6.10 Å². The van der Waals surface area contributed by atoms with E-state index in [9.17, 15) is 9.59 Å². The number of hydrogen-bond donors (Lipinski definition) is 0. The quantitative estimate of drug-likeness (QED) is 0.760. The molecule has 0 saturated heterocycles. The van der Waals surface area contributed by atoms with Crippen LogP contribution in [-0.2, 0) is 14.3 Å². The molecule has 0 fully saturated rings. The normalized spacial score (nSPS) is 18.2.